The highest BCUT2D eigenvalue weighted by molar-refractivity contribution is 5.55. The molecule has 0 aromatic heterocycles. The molecule has 1 aliphatic heterocycles. The summed E-state index contributed by atoms with van der Waals surface area (Å²) in [4.78, 5) is 4.89. The Balaban J connectivity index is 1.49. The van der Waals surface area contributed by atoms with Crippen molar-refractivity contribution in [1.82, 2.24) is 4.90 Å². The normalized spacial score (nSPS) is 21.5. The lowest BCUT2D eigenvalue weighted by molar-refractivity contribution is 0.313. The minimum absolute atomic E-state index is 0.885. The Kier molecular flexibility index (Phi) is 5.02. The number of nitrogens with one attached hydrogen (secondary N) is 1. The number of likely N-dealkylation sites (N-methyl/N-ethyl adjacent to an activating group) is 1. The molecular formula is C18H29N3. The van der Waals surface area contributed by atoms with Crippen molar-refractivity contribution in [2.45, 2.75) is 32.1 Å². The molecular weight excluding hydrogens is 258 g/mol. The molecule has 2 fully saturated rings. The van der Waals surface area contributed by atoms with Crippen LogP contribution in [0.5, 0.6) is 0 Å². The fraction of sp³-hybridized carbons (Fsp3) is 0.667. The van der Waals surface area contributed by atoms with E-state index in [2.05, 4.69) is 46.4 Å². The first kappa shape index (κ1) is 14.7. The number of hydrogen-bond acceptors (Lipinski definition) is 3. The van der Waals surface area contributed by atoms with Gasteiger partial charge in [0.2, 0.25) is 0 Å². The summed E-state index contributed by atoms with van der Waals surface area (Å²) in [6, 6.07) is 9.04. The average molecular weight is 287 g/mol. The molecule has 1 saturated carbocycles. The maximum absolute atomic E-state index is 3.62. The van der Waals surface area contributed by atoms with Gasteiger partial charge in [0.15, 0.2) is 0 Å². The molecule has 3 heteroatoms. The summed E-state index contributed by atoms with van der Waals surface area (Å²) in [6.45, 7) is 5.77. The first-order valence-electron chi connectivity index (χ1n) is 8.59. The highest BCUT2D eigenvalue weighted by atomic mass is 15.2. The van der Waals surface area contributed by atoms with Gasteiger partial charge in [0.25, 0.3) is 0 Å². The topological polar surface area (TPSA) is 18.5 Å². The molecule has 3 nitrogen and oxygen atoms in total. The van der Waals surface area contributed by atoms with Gasteiger partial charge < -0.3 is 15.1 Å². The van der Waals surface area contributed by atoms with Crippen LogP contribution < -0.4 is 10.2 Å². The van der Waals surface area contributed by atoms with Crippen LogP contribution in [-0.2, 0) is 0 Å². The number of benzene rings is 1. The van der Waals surface area contributed by atoms with E-state index < -0.39 is 0 Å². The third-order valence-electron chi connectivity index (χ3n) is 5.06. The summed E-state index contributed by atoms with van der Waals surface area (Å²) >= 11 is 0. The Labute approximate surface area is 129 Å². The zero-order valence-electron chi connectivity index (χ0n) is 13.4. The molecule has 3 rings (SSSR count). The first-order valence-corrected chi connectivity index (χ1v) is 8.59. The Hall–Kier alpha value is -1.22. The molecule has 1 N–H and O–H groups in total. The first-order chi connectivity index (χ1) is 10.3. The van der Waals surface area contributed by atoms with Crippen LogP contribution in [0.3, 0.4) is 0 Å². The molecule has 1 saturated heterocycles. The number of rotatable bonds is 4. The molecule has 1 aromatic carbocycles. The number of piperazine rings is 1. The van der Waals surface area contributed by atoms with Gasteiger partial charge in [-0.3, -0.25) is 0 Å². The van der Waals surface area contributed by atoms with Crippen LogP contribution in [0.25, 0.3) is 0 Å². The fourth-order valence-electron chi connectivity index (χ4n) is 3.51. The van der Waals surface area contributed by atoms with Gasteiger partial charge in [0.05, 0.1) is 0 Å². The second-order valence-corrected chi connectivity index (χ2v) is 6.72. The van der Waals surface area contributed by atoms with E-state index in [4.69, 9.17) is 0 Å². The summed E-state index contributed by atoms with van der Waals surface area (Å²) in [7, 11) is 2.20. The van der Waals surface area contributed by atoms with Gasteiger partial charge >= 0.3 is 0 Å². The van der Waals surface area contributed by atoms with E-state index in [-0.39, 0.29) is 0 Å². The van der Waals surface area contributed by atoms with Crippen LogP contribution in [-0.4, -0.2) is 44.7 Å². The van der Waals surface area contributed by atoms with Crippen LogP contribution in [0.1, 0.15) is 32.1 Å². The maximum atomic E-state index is 3.62. The predicted octanol–water partition coefficient (Wildman–Crippen LogP) is 3.43. The van der Waals surface area contributed by atoms with Gasteiger partial charge in [-0.25, -0.2) is 0 Å². The van der Waals surface area contributed by atoms with Crippen molar-refractivity contribution in [3.63, 3.8) is 0 Å². The Bertz CT molecular complexity index is 415. The molecule has 1 aromatic rings. The standard InChI is InChI=1S/C18H29N3/c1-20-11-13-21(14-12-20)18-9-7-17(8-10-18)19-15-16-5-3-2-4-6-16/h7-10,16,19H,2-6,11-15H2,1H3. The molecule has 0 bridgehead atoms. The van der Waals surface area contributed by atoms with Gasteiger partial charge in [-0.2, -0.15) is 0 Å². The van der Waals surface area contributed by atoms with Crippen molar-refractivity contribution in [2.75, 3.05) is 50.0 Å². The van der Waals surface area contributed by atoms with Crippen molar-refractivity contribution in [2.24, 2.45) is 5.92 Å². The minimum Gasteiger partial charge on any atom is -0.385 e. The molecule has 0 radical (unpaired) electrons. The van der Waals surface area contributed by atoms with Crippen LogP contribution in [0.15, 0.2) is 24.3 Å². The lowest BCUT2D eigenvalue weighted by Gasteiger charge is -2.34. The molecule has 116 valence electrons. The molecule has 0 atom stereocenters. The number of anilines is 2. The van der Waals surface area contributed by atoms with Crippen molar-refractivity contribution in [3.05, 3.63) is 24.3 Å². The molecule has 2 aliphatic rings. The van der Waals surface area contributed by atoms with Crippen molar-refractivity contribution in [3.8, 4) is 0 Å². The lowest BCUT2D eigenvalue weighted by Crippen LogP contribution is -2.44. The summed E-state index contributed by atoms with van der Waals surface area (Å²) in [6.07, 6.45) is 7.11. The van der Waals surface area contributed by atoms with Crippen molar-refractivity contribution >= 4 is 11.4 Å². The smallest absolute Gasteiger partial charge is 0.0368 e. The van der Waals surface area contributed by atoms with Gasteiger partial charge in [0, 0.05) is 44.1 Å². The molecule has 1 aliphatic carbocycles. The van der Waals surface area contributed by atoms with E-state index in [1.807, 2.05) is 0 Å². The SMILES string of the molecule is CN1CCN(c2ccc(NCC3CCCCC3)cc2)CC1. The number of nitrogens with zero attached hydrogens (tertiary/aromatic N) is 2. The Morgan fingerprint density at radius 2 is 1.62 bits per heavy atom. The summed E-state index contributed by atoms with van der Waals surface area (Å²) in [5, 5.41) is 3.62. The number of hydrogen-bond donors (Lipinski definition) is 1. The van der Waals surface area contributed by atoms with Crippen LogP contribution in [0.4, 0.5) is 11.4 Å². The Morgan fingerprint density at radius 1 is 0.952 bits per heavy atom. The predicted molar refractivity (Wildman–Crippen MR) is 91.2 cm³/mol. The van der Waals surface area contributed by atoms with Crippen LogP contribution in [0, 0.1) is 5.92 Å². The van der Waals surface area contributed by atoms with E-state index in [9.17, 15) is 0 Å². The minimum atomic E-state index is 0.885. The summed E-state index contributed by atoms with van der Waals surface area (Å²) < 4.78 is 0. The fourth-order valence-corrected chi connectivity index (χ4v) is 3.51. The van der Waals surface area contributed by atoms with Crippen molar-refractivity contribution in [1.29, 1.82) is 0 Å². The highest BCUT2D eigenvalue weighted by Crippen LogP contribution is 2.25. The molecule has 21 heavy (non-hydrogen) atoms. The summed E-state index contributed by atoms with van der Waals surface area (Å²) in [5.74, 6) is 0.885. The third-order valence-corrected chi connectivity index (χ3v) is 5.06. The van der Waals surface area contributed by atoms with Gasteiger partial charge in [-0.05, 0) is 50.1 Å². The zero-order chi connectivity index (χ0) is 14.5. The second-order valence-electron chi connectivity index (χ2n) is 6.72. The quantitative estimate of drug-likeness (QED) is 0.915. The van der Waals surface area contributed by atoms with Gasteiger partial charge in [0.1, 0.15) is 0 Å². The Morgan fingerprint density at radius 3 is 2.29 bits per heavy atom. The van der Waals surface area contributed by atoms with Crippen LogP contribution >= 0.6 is 0 Å². The van der Waals surface area contributed by atoms with E-state index in [0.29, 0.717) is 0 Å². The van der Waals surface area contributed by atoms with E-state index in [0.717, 1.165) is 25.6 Å². The average Bonchev–Trinajstić information content (AvgIpc) is 2.55. The molecule has 0 unspecified atom stereocenters. The third kappa shape index (κ3) is 4.13. The van der Waals surface area contributed by atoms with E-state index in [1.54, 1.807) is 0 Å². The summed E-state index contributed by atoms with van der Waals surface area (Å²) in [5.41, 5.74) is 2.64. The van der Waals surface area contributed by atoms with E-state index >= 15 is 0 Å². The van der Waals surface area contributed by atoms with E-state index in [1.165, 1.54) is 56.6 Å². The molecule has 1 heterocycles. The molecule has 0 amide bonds. The lowest BCUT2D eigenvalue weighted by atomic mass is 9.89. The highest BCUT2D eigenvalue weighted by Gasteiger charge is 2.15. The van der Waals surface area contributed by atoms with Gasteiger partial charge in [-0.1, -0.05) is 19.3 Å². The maximum Gasteiger partial charge on any atom is 0.0368 e. The van der Waals surface area contributed by atoms with Crippen molar-refractivity contribution < 1.29 is 0 Å². The second kappa shape index (κ2) is 7.17. The molecule has 0 spiro atoms. The zero-order valence-corrected chi connectivity index (χ0v) is 13.4. The monoisotopic (exact) mass is 287 g/mol. The largest absolute Gasteiger partial charge is 0.385 e. The van der Waals surface area contributed by atoms with Crippen LogP contribution in [0.2, 0.25) is 0 Å². The van der Waals surface area contributed by atoms with Gasteiger partial charge in [-0.15, -0.1) is 0 Å².